The number of amides is 2. The first-order valence-corrected chi connectivity index (χ1v) is 14.1. The van der Waals surface area contributed by atoms with Gasteiger partial charge in [0.05, 0.1) is 31.5 Å². The van der Waals surface area contributed by atoms with Gasteiger partial charge in [-0.1, -0.05) is 44.2 Å². The number of nitrogens with two attached hydrogens (primary N) is 1. The summed E-state index contributed by atoms with van der Waals surface area (Å²) in [5, 5.41) is 2.63. The number of aromatic nitrogens is 1. The summed E-state index contributed by atoms with van der Waals surface area (Å²) in [5.41, 5.74) is 9.46. The van der Waals surface area contributed by atoms with Crippen molar-refractivity contribution in [2.75, 3.05) is 13.2 Å². The number of ketones is 1. The lowest BCUT2D eigenvalue weighted by atomic mass is 9.98. The van der Waals surface area contributed by atoms with Crippen LogP contribution in [0, 0.1) is 5.92 Å². The second-order valence-corrected chi connectivity index (χ2v) is 11.0. The summed E-state index contributed by atoms with van der Waals surface area (Å²) in [6, 6.07) is 8.69. The van der Waals surface area contributed by atoms with Crippen LogP contribution in [0.25, 0.3) is 0 Å². The highest BCUT2D eigenvalue weighted by molar-refractivity contribution is 5.94. The number of alkyl carbamates (subject to hydrolysis) is 1. The number of Topliss-reactive ketones (excluding diaryl/α,β-unsaturated/α-hetero) is 1. The number of hydrogen-bond donors (Lipinski definition) is 2. The second-order valence-electron chi connectivity index (χ2n) is 11.0. The largest absolute Gasteiger partial charge is 0.444 e. The third kappa shape index (κ3) is 8.47. The molecule has 1 fully saturated rings. The zero-order valence-electron chi connectivity index (χ0n) is 23.6. The van der Waals surface area contributed by atoms with Crippen LogP contribution < -0.4 is 16.6 Å². The van der Waals surface area contributed by atoms with Crippen molar-refractivity contribution in [1.29, 1.82) is 0 Å². The number of ether oxygens (including phenoxy) is 2. The highest BCUT2D eigenvalue weighted by Gasteiger charge is 2.26. The fourth-order valence-electron chi connectivity index (χ4n) is 5.11. The van der Waals surface area contributed by atoms with Gasteiger partial charge in [-0.15, -0.1) is 0 Å². The molecule has 1 saturated heterocycles. The number of fused-ring (bicyclic) bond motifs is 1. The minimum atomic E-state index is -0.913. The first-order valence-electron chi connectivity index (χ1n) is 14.1. The lowest BCUT2D eigenvalue weighted by Gasteiger charge is -2.19. The van der Waals surface area contributed by atoms with E-state index in [1.807, 2.05) is 0 Å². The van der Waals surface area contributed by atoms with E-state index in [1.165, 1.54) is 11.6 Å². The summed E-state index contributed by atoms with van der Waals surface area (Å²) >= 11 is 0. The van der Waals surface area contributed by atoms with Gasteiger partial charge in [-0.3, -0.25) is 19.4 Å². The molecule has 2 aromatic rings. The van der Waals surface area contributed by atoms with E-state index in [0.29, 0.717) is 50.5 Å². The molecule has 0 radical (unpaired) electrons. The molecule has 2 aliphatic rings. The van der Waals surface area contributed by atoms with Gasteiger partial charge in [0.1, 0.15) is 6.10 Å². The molecule has 0 bridgehead atoms. The molecule has 10 nitrogen and oxygen atoms in total. The number of aliphatic imine (C=N–C) groups is 1. The normalized spacial score (nSPS) is 17.0. The molecule has 3 heterocycles. The van der Waals surface area contributed by atoms with Crippen molar-refractivity contribution in [3.63, 3.8) is 0 Å². The van der Waals surface area contributed by atoms with E-state index in [0.717, 1.165) is 23.4 Å². The monoisotopic (exact) mass is 562 g/mol. The molecule has 0 spiro atoms. The lowest BCUT2D eigenvalue weighted by molar-refractivity contribution is -0.120. The van der Waals surface area contributed by atoms with Crippen LogP contribution in [0.15, 0.2) is 58.5 Å². The molecule has 1 aromatic carbocycles. The Morgan fingerprint density at radius 3 is 2.76 bits per heavy atom. The second kappa shape index (κ2) is 14.0. The Hall–Kier alpha value is -4.05. The van der Waals surface area contributed by atoms with Crippen molar-refractivity contribution >= 4 is 29.2 Å². The number of nitrogens with one attached hydrogen (secondary N) is 1. The van der Waals surface area contributed by atoms with E-state index in [2.05, 4.69) is 37.4 Å². The Morgan fingerprint density at radius 2 is 2.02 bits per heavy atom. The van der Waals surface area contributed by atoms with Crippen LogP contribution in [0.5, 0.6) is 0 Å². The number of primary amides is 1. The number of hydrogen-bond acceptors (Lipinski definition) is 7. The summed E-state index contributed by atoms with van der Waals surface area (Å²) in [5.74, 6) is -0.429. The molecule has 1 aromatic heterocycles. The summed E-state index contributed by atoms with van der Waals surface area (Å²) in [4.78, 5) is 55.1. The highest BCUT2D eigenvalue weighted by Crippen LogP contribution is 2.32. The van der Waals surface area contributed by atoms with E-state index < -0.39 is 18.0 Å². The average Bonchev–Trinajstić information content (AvgIpc) is 3.57. The van der Waals surface area contributed by atoms with Crippen LogP contribution in [0.3, 0.4) is 0 Å². The van der Waals surface area contributed by atoms with Gasteiger partial charge in [-0.25, -0.2) is 4.79 Å². The maximum Gasteiger partial charge on any atom is 0.408 e. The maximum absolute atomic E-state index is 13.4. The summed E-state index contributed by atoms with van der Waals surface area (Å²) in [7, 11) is 0. The number of pyridine rings is 1. The quantitative estimate of drug-likeness (QED) is 0.359. The molecule has 218 valence electrons. The van der Waals surface area contributed by atoms with Gasteiger partial charge in [-0.2, -0.15) is 0 Å². The van der Waals surface area contributed by atoms with Gasteiger partial charge in [-0.05, 0) is 48.4 Å². The number of para-hydroxylation sites is 1. The molecule has 2 amide bonds. The summed E-state index contributed by atoms with van der Waals surface area (Å²) in [6.45, 7) is 5.50. The highest BCUT2D eigenvalue weighted by atomic mass is 16.6. The zero-order valence-corrected chi connectivity index (χ0v) is 23.6. The number of rotatable bonds is 13. The van der Waals surface area contributed by atoms with Crippen LogP contribution >= 0.6 is 0 Å². The van der Waals surface area contributed by atoms with Crippen LogP contribution in [-0.4, -0.2) is 53.4 Å². The lowest BCUT2D eigenvalue weighted by Crippen LogP contribution is -2.43. The van der Waals surface area contributed by atoms with E-state index in [9.17, 15) is 19.2 Å². The molecule has 4 rings (SSSR count). The standard InChI is InChI=1S/C31H38N4O6/c1-20(2)15-21-7-5-8-22-16-24(33-29(21)22)18-35-13-6-9-23(30(35)38)17-27(36)26(10-3-4-11-28(32)37)34-31(39)41-25-12-14-40-19-25/h4-9,11,13,20,25-26H,3,10,12,14-19H2,1-2H3,(H2,32,37)(H,34,39)/b11-4+/t25?,26-/m0/s1. The van der Waals surface area contributed by atoms with Crippen molar-refractivity contribution < 1.29 is 23.9 Å². The SMILES string of the molecule is CC(C)Cc1cccc2c1N=C(Cn1cccc(CC(=O)[C@H](CC/C=C/C(N)=O)NC(=O)OC3CCOC3)c1=O)C2. The molecule has 3 N–H and O–H groups in total. The van der Waals surface area contributed by atoms with Crippen molar-refractivity contribution in [2.45, 2.75) is 71.1 Å². The van der Waals surface area contributed by atoms with Gasteiger partial charge in [0, 0.05) is 36.7 Å². The summed E-state index contributed by atoms with van der Waals surface area (Å²) < 4.78 is 12.2. The molecule has 2 atom stereocenters. The first-order chi connectivity index (χ1) is 19.7. The van der Waals surface area contributed by atoms with E-state index in [-0.39, 0.29) is 30.3 Å². The van der Waals surface area contributed by atoms with E-state index >= 15 is 0 Å². The minimum absolute atomic E-state index is 0.165. The van der Waals surface area contributed by atoms with Gasteiger partial charge in [0.15, 0.2) is 5.78 Å². The fraction of sp³-hybridized carbons (Fsp3) is 0.452. The van der Waals surface area contributed by atoms with E-state index in [1.54, 1.807) is 29.0 Å². The van der Waals surface area contributed by atoms with Crippen LogP contribution in [0.1, 0.15) is 49.8 Å². The molecule has 41 heavy (non-hydrogen) atoms. The Labute approximate surface area is 239 Å². The van der Waals surface area contributed by atoms with Gasteiger partial charge >= 0.3 is 6.09 Å². The Balaban J connectivity index is 1.45. The molecule has 2 aliphatic heterocycles. The van der Waals surface area contributed by atoms with E-state index in [4.69, 9.17) is 20.2 Å². The maximum atomic E-state index is 13.4. The van der Waals surface area contributed by atoms with Crippen molar-refractivity contribution in [1.82, 2.24) is 9.88 Å². The average molecular weight is 563 g/mol. The number of carbonyl (C=O) groups is 3. The molecular weight excluding hydrogens is 524 g/mol. The number of nitrogens with zero attached hydrogens (tertiary/aromatic N) is 2. The van der Waals surface area contributed by atoms with Gasteiger partial charge in [0.2, 0.25) is 5.91 Å². The predicted molar refractivity (Wildman–Crippen MR) is 155 cm³/mol. The van der Waals surface area contributed by atoms with Crippen LogP contribution in [-0.2, 0) is 44.9 Å². The molecule has 1 unspecified atom stereocenters. The van der Waals surface area contributed by atoms with Gasteiger partial charge < -0.3 is 25.1 Å². The Bertz CT molecular complexity index is 1390. The third-order valence-corrected chi connectivity index (χ3v) is 7.06. The van der Waals surface area contributed by atoms with Crippen LogP contribution in [0.2, 0.25) is 0 Å². The van der Waals surface area contributed by atoms with Crippen molar-refractivity contribution in [2.24, 2.45) is 16.6 Å². The number of carbonyl (C=O) groups excluding carboxylic acids is 3. The number of allylic oxidation sites excluding steroid dienone is 1. The van der Waals surface area contributed by atoms with Crippen molar-refractivity contribution in [3.05, 3.63) is 75.7 Å². The Kier molecular flexibility index (Phi) is 10.2. The smallest absolute Gasteiger partial charge is 0.408 e. The third-order valence-electron chi connectivity index (χ3n) is 7.06. The minimum Gasteiger partial charge on any atom is -0.444 e. The van der Waals surface area contributed by atoms with Crippen molar-refractivity contribution in [3.8, 4) is 0 Å². The fourth-order valence-corrected chi connectivity index (χ4v) is 5.11. The molecular formula is C31H38N4O6. The molecule has 0 aliphatic carbocycles. The molecule has 0 saturated carbocycles. The topological polar surface area (TPSA) is 142 Å². The summed E-state index contributed by atoms with van der Waals surface area (Å²) in [6.07, 6.45) is 5.94. The van der Waals surface area contributed by atoms with Crippen LogP contribution in [0.4, 0.5) is 10.5 Å². The van der Waals surface area contributed by atoms with Gasteiger partial charge in [0.25, 0.3) is 5.56 Å². The number of benzene rings is 1. The zero-order chi connectivity index (χ0) is 29.4. The Morgan fingerprint density at radius 1 is 1.22 bits per heavy atom. The first kappa shape index (κ1) is 29.9. The predicted octanol–water partition coefficient (Wildman–Crippen LogP) is 3.19. The molecule has 10 heteroatoms.